The molecule has 1 aliphatic carbocycles. The number of carbonyl (C=O) groups excluding carboxylic acids is 1. The number of halogens is 1. The predicted octanol–water partition coefficient (Wildman–Crippen LogP) is 4.59. The molecule has 5 radical (unpaired) electrons. The average Bonchev–Trinajstić information content (AvgIpc) is 3.25. The Morgan fingerprint density at radius 2 is 1.86 bits per heavy atom. The highest BCUT2D eigenvalue weighted by Gasteiger charge is 2.37. The van der Waals surface area contributed by atoms with Gasteiger partial charge in [0.05, 0.1) is 10.6 Å². The number of likely N-dealkylation sites (tertiary alicyclic amines) is 1. The van der Waals surface area contributed by atoms with Crippen molar-refractivity contribution in [2.45, 2.75) is 70.0 Å². The topological polar surface area (TPSA) is 44.4 Å². The van der Waals surface area contributed by atoms with Crippen LogP contribution in [0, 0.1) is 20.8 Å². The monoisotopic (exact) mass is 416 g/mol. The highest BCUT2D eigenvalue weighted by atomic mass is 35.5. The summed E-state index contributed by atoms with van der Waals surface area (Å²) in [6.07, 6.45) is 10.1. The van der Waals surface area contributed by atoms with Gasteiger partial charge in [-0.05, 0) is 42.9 Å². The van der Waals surface area contributed by atoms with Gasteiger partial charge in [-0.25, -0.2) is 0 Å². The van der Waals surface area contributed by atoms with Gasteiger partial charge < -0.3 is 10.6 Å². The molecule has 1 saturated carbocycles. The Balaban J connectivity index is 0.00000150. The molecule has 2 heterocycles. The van der Waals surface area contributed by atoms with Crippen LogP contribution < -0.4 is 10.6 Å². The standard InChI is InChI=1S/C22H31ClN3O.2CH2/c23-21-9-8-17(14-26-15-18-11-19(26)13-24-18)10-20(21)22(27)25-12-16-6-4-2-1-3-5-7-16;;/h8-10,18-19,24H,1-7,11-15H2,(H,25,27);2*1H2. The molecule has 2 bridgehead atoms. The molecule has 3 fully saturated rings. The molecule has 2 saturated heterocycles. The third-order valence-corrected chi connectivity index (χ3v) is 6.72. The molecule has 2 unspecified atom stereocenters. The number of nitrogens with zero attached hydrogens (tertiary/aromatic N) is 1. The molecule has 2 atom stereocenters. The van der Waals surface area contributed by atoms with Crippen LogP contribution in [0.25, 0.3) is 0 Å². The van der Waals surface area contributed by atoms with E-state index in [2.05, 4.69) is 21.6 Å². The maximum atomic E-state index is 12.7. The van der Waals surface area contributed by atoms with Crippen molar-refractivity contribution in [1.29, 1.82) is 0 Å². The molecule has 159 valence electrons. The lowest BCUT2D eigenvalue weighted by Gasteiger charge is -2.27. The number of piperazine rings is 1. The first-order valence-corrected chi connectivity index (χ1v) is 10.9. The number of hydrogen-bond donors (Lipinski definition) is 2. The molecule has 1 amide bonds. The number of carbonyl (C=O) groups is 1. The minimum atomic E-state index is -0.0407. The third-order valence-electron chi connectivity index (χ3n) is 6.39. The third kappa shape index (κ3) is 6.19. The second-order valence-electron chi connectivity index (χ2n) is 8.44. The summed E-state index contributed by atoms with van der Waals surface area (Å²) in [6.45, 7) is 3.79. The van der Waals surface area contributed by atoms with Crippen molar-refractivity contribution >= 4 is 17.5 Å². The van der Waals surface area contributed by atoms with E-state index in [0.29, 0.717) is 29.2 Å². The van der Waals surface area contributed by atoms with Crippen molar-refractivity contribution in [3.05, 3.63) is 55.1 Å². The highest BCUT2D eigenvalue weighted by molar-refractivity contribution is 6.33. The van der Waals surface area contributed by atoms with Gasteiger partial charge in [-0.1, -0.05) is 64.6 Å². The Hall–Kier alpha value is -1.10. The van der Waals surface area contributed by atoms with Crippen LogP contribution in [-0.4, -0.2) is 42.5 Å². The Labute approximate surface area is 182 Å². The van der Waals surface area contributed by atoms with E-state index in [1.54, 1.807) is 0 Å². The van der Waals surface area contributed by atoms with Gasteiger partial charge in [0.25, 0.3) is 5.91 Å². The minimum Gasteiger partial charge on any atom is -0.351 e. The SMILES string of the molecule is O=C(NC[C]1CCCCCCC1)c1cc(CN2CC3CC2CN3)ccc1Cl.[CH2].[CH2]. The fourth-order valence-corrected chi connectivity index (χ4v) is 5.01. The summed E-state index contributed by atoms with van der Waals surface area (Å²) < 4.78 is 0. The second-order valence-corrected chi connectivity index (χ2v) is 8.85. The number of rotatable bonds is 5. The Morgan fingerprint density at radius 1 is 1.14 bits per heavy atom. The molecule has 1 aromatic carbocycles. The molecule has 5 heteroatoms. The smallest absolute Gasteiger partial charge is 0.252 e. The van der Waals surface area contributed by atoms with Crippen LogP contribution in [0.5, 0.6) is 0 Å². The van der Waals surface area contributed by atoms with Crippen molar-refractivity contribution < 1.29 is 4.79 Å². The fourth-order valence-electron chi connectivity index (χ4n) is 4.80. The summed E-state index contributed by atoms with van der Waals surface area (Å²) in [5.41, 5.74) is 1.79. The van der Waals surface area contributed by atoms with Gasteiger partial charge in [-0.3, -0.25) is 9.69 Å². The number of benzene rings is 1. The fraction of sp³-hybridized carbons (Fsp3) is 0.583. The molecule has 2 aliphatic heterocycles. The zero-order chi connectivity index (χ0) is 18.6. The van der Waals surface area contributed by atoms with Gasteiger partial charge in [0, 0.05) is 38.3 Å². The van der Waals surface area contributed by atoms with Crippen LogP contribution in [0.2, 0.25) is 5.02 Å². The van der Waals surface area contributed by atoms with E-state index in [9.17, 15) is 4.79 Å². The van der Waals surface area contributed by atoms with Gasteiger partial charge in [0.15, 0.2) is 0 Å². The summed E-state index contributed by atoms with van der Waals surface area (Å²) >= 11 is 6.35. The Morgan fingerprint density at radius 3 is 2.52 bits per heavy atom. The molecule has 3 aliphatic rings. The first kappa shape index (κ1) is 24.2. The van der Waals surface area contributed by atoms with Gasteiger partial charge in [0.1, 0.15) is 0 Å². The zero-order valence-electron chi connectivity index (χ0n) is 17.5. The van der Waals surface area contributed by atoms with E-state index >= 15 is 0 Å². The van der Waals surface area contributed by atoms with Crippen molar-refractivity contribution in [2.75, 3.05) is 19.6 Å². The quantitative estimate of drug-likeness (QED) is 0.737. The molecule has 1 aromatic rings. The number of amides is 1. The maximum absolute atomic E-state index is 12.7. The van der Waals surface area contributed by atoms with Gasteiger partial charge in [-0.15, -0.1) is 0 Å². The summed E-state index contributed by atoms with van der Waals surface area (Å²) in [5, 5.41) is 7.20. The Kier molecular flexibility index (Phi) is 9.45. The summed E-state index contributed by atoms with van der Waals surface area (Å²) in [4.78, 5) is 15.3. The van der Waals surface area contributed by atoms with E-state index in [0.717, 1.165) is 32.5 Å². The van der Waals surface area contributed by atoms with E-state index in [1.165, 1.54) is 50.0 Å². The second kappa shape index (κ2) is 11.3. The van der Waals surface area contributed by atoms with Crippen LogP contribution in [0.1, 0.15) is 67.3 Å². The van der Waals surface area contributed by atoms with Crippen LogP contribution in [-0.2, 0) is 6.54 Å². The first-order chi connectivity index (χ1) is 13.2. The van der Waals surface area contributed by atoms with Gasteiger partial charge >= 0.3 is 0 Å². The van der Waals surface area contributed by atoms with Crippen molar-refractivity contribution in [3.63, 3.8) is 0 Å². The molecule has 0 aromatic heterocycles. The molecule has 29 heavy (non-hydrogen) atoms. The normalized spacial score (nSPS) is 24.9. The average molecular weight is 417 g/mol. The largest absolute Gasteiger partial charge is 0.351 e. The molecule has 4 rings (SSSR count). The lowest BCUT2D eigenvalue weighted by Crippen LogP contribution is -2.43. The Bertz CT molecular complexity index is 658. The van der Waals surface area contributed by atoms with E-state index in [1.807, 2.05) is 12.1 Å². The lowest BCUT2D eigenvalue weighted by molar-refractivity contribution is 0.0954. The predicted molar refractivity (Wildman–Crippen MR) is 121 cm³/mol. The van der Waals surface area contributed by atoms with Crippen molar-refractivity contribution in [2.24, 2.45) is 0 Å². The van der Waals surface area contributed by atoms with Crippen LogP contribution >= 0.6 is 11.6 Å². The minimum absolute atomic E-state index is 0. The summed E-state index contributed by atoms with van der Waals surface area (Å²) in [7, 11) is 0. The maximum Gasteiger partial charge on any atom is 0.252 e. The molecule has 2 N–H and O–H groups in total. The van der Waals surface area contributed by atoms with Gasteiger partial charge in [-0.2, -0.15) is 0 Å². The number of hydrogen-bond acceptors (Lipinski definition) is 3. The molecular weight excluding hydrogens is 382 g/mol. The zero-order valence-corrected chi connectivity index (χ0v) is 18.3. The van der Waals surface area contributed by atoms with Crippen molar-refractivity contribution in [3.8, 4) is 0 Å². The van der Waals surface area contributed by atoms with E-state index in [-0.39, 0.29) is 20.8 Å². The number of nitrogens with one attached hydrogen (secondary N) is 2. The van der Waals surface area contributed by atoms with E-state index < -0.39 is 0 Å². The molecule has 4 nitrogen and oxygen atoms in total. The van der Waals surface area contributed by atoms with E-state index in [4.69, 9.17) is 11.6 Å². The first-order valence-electron chi connectivity index (χ1n) is 10.6. The molecule has 0 spiro atoms. The number of fused-ring (bicyclic) bond motifs is 2. The lowest BCUT2D eigenvalue weighted by atomic mass is 9.91. The highest BCUT2D eigenvalue weighted by Crippen LogP contribution is 2.27. The van der Waals surface area contributed by atoms with Gasteiger partial charge in [0.2, 0.25) is 0 Å². The summed E-state index contributed by atoms with van der Waals surface area (Å²) in [5.74, 6) is 1.44. The van der Waals surface area contributed by atoms with Crippen LogP contribution in [0.4, 0.5) is 0 Å². The van der Waals surface area contributed by atoms with Crippen molar-refractivity contribution in [1.82, 2.24) is 15.5 Å². The summed E-state index contributed by atoms with van der Waals surface area (Å²) in [6, 6.07) is 7.20. The van der Waals surface area contributed by atoms with Crippen LogP contribution in [0.15, 0.2) is 18.2 Å². The molecular formula is C24H35ClN3O. The van der Waals surface area contributed by atoms with Crippen LogP contribution in [0.3, 0.4) is 0 Å².